The van der Waals surface area contributed by atoms with Gasteiger partial charge in [0.25, 0.3) is 11.8 Å². The highest BCUT2D eigenvalue weighted by Crippen LogP contribution is 2.36. The number of benzene rings is 2. The van der Waals surface area contributed by atoms with E-state index in [2.05, 4.69) is 0 Å². The number of anilines is 1. The summed E-state index contributed by atoms with van der Waals surface area (Å²) in [4.78, 5) is 28.0. The lowest BCUT2D eigenvalue weighted by atomic mass is 10.1. The predicted octanol–water partition coefficient (Wildman–Crippen LogP) is 2.39. The van der Waals surface area contributed by atoms with E-state index in [1.165, 1.54) is 35.1 Å². The summed E-state index contributed by atoms with van der Waals surface area (Å²) in [6.07, 6.45) is -4.89. The van der Waals surface area contributed by atoms with Crippen LogP contribution in [0.25, 0.3) is 0 Å². The number of halogens is 4. The third-order valence-corrected chi connectivity index (χ3v) is 5.47. The van der Waals surface area contributed by atoms with Crippen LogP contribution >= 0.6 is 0 Å². The smallest absolute Gasteiger partial charge is 0.418 e. The van der Waals surface area contributed by atoms with Crippen molar-refractivity contribution in [2.45, 2.75) is 6.18 Å². The number of carbonyl (C=O) groups is 2. The quantitative estimate of drug-likeness (QED) is 0.497. The number of alkyl halides is 3. The van der Waals surface area contributed by atoms with Crippen LogP contribution in [0.15, 0.2) is 36.4 Å². The fourth-order valence-electron chi connectivity index (χ4n) is 3.41. The molecule has 1 heterocycles. The summed E-state index contributed by atoms with van der Waals surface area (Å²) < 4.78 is 82.5. The van der Waals surface area contributed by atoms with Gasteiger partial charge in [-0.3, -0.25) is 14.3 Å². The van der Waals surface area contributed by atoms with Gasteiger partial charge >= 0.3 is 6.18 Å². The van der Waals surface area contributed by atoms with Crippen molar-refractivity contribution < 1.29 is 40.3 Å². The molecule has 0 radical (unpaired) electrons. The Morgan fingerprint density at radius 1 is 1.00 bits per heavy atom. The number of piperazine rings is 1. The maximum absolute atomic E-state index is 14.4. The number of nitrogens with one attached hydrogen (secondary N) is 1. The highest BCUT2D eigenvalue weighted by molar-refractivity contribution is 7.73. The average Bonchev–Trinajstić information content (AvgIpc) is 2.77. The van der Waals surface area contributed by atoms with Crippen LogP contribution < -0.4 is 9.46 Å². The van der Waals surface area contributed by atoms with Gasteiger partial charge in [0.2, 0.25) is 10.9 Å². The van der Waals surface area contributed by atoms with E-state index in [0.717, 1.165) is 12.1 Å². The van der Waals surface area contributed by atoms with Gasteiger partial charge in [0.1, 0.15) is 0 Å². The van der Waals surface area contributed by atoms with Crippen molar-refractivity contribution in [3.05, 3.63) is 58.9 Å². The number of methoxy groups -OCH3 is 1. The van der Waals surface area contributed by atoms with Crippen LogP contribution in [-0.2, 0) is 17.1 Å². The molecule has 0 bridgehead atoms. The van der Waals surface area contributed by atoms with Gasteiger partial charge < -0.3 is 14.5 Å². The Labute approximate surface area is 187 Å². The Balaban J connectivity index is 1.73. The van der Waals surface area contributed by atoms with Crippen LogP contribution in [0.4, 0.5) is 23.2 Å². The second-order valence-corrected chi connectivity index (χ2v) is 7.77. The van der Waals surface area contributed by atoms with Crippen LogP contribution in [0.2, 0.25) is 0 Å². The molecule has 8 nitrogen and oxygen atoms in total. The minimum atomic E-state index is -4.89. The molecule has 1 aliphatic heterocycles. The summed E-state index contributed by atoms with van der Waals surface area (Å²) in [5.74, 6) is -2.20. The van der Waals surface area contributed by atoms with Crippen molar-refractivity contribution in [3.63, 3.8) is 0 Å². The number of carbonyl (C=O) groups excluding carboxylic acids is 2. The van der Waals surface area contributed by atoms with Gasteiger partial charge in [-0.05, 0) is 30.3 Å². The van der Waals surface area contributed by atoms with Crippen molar-refractivity contribution in [2.24, 2.45) is 0 Å². The maximum atomic E-state index is 14.4. The third kappa shape index (κ3) is 5.35. The van der Waals surface area contributed by atoms with Crippen LogP contribution in [-0.4, -0.2) is 63.3 Å². The summed E-state index contributed by atoms with van der Waals surface area (Å²) in [6, 6.07) is 6.67. The normalized spacial score (nSPS) is 14.4. The van der Waals surface area contributed by atoms with Gasteiger partial charge in [0.05, 0.1) is 23.9 Å². The van der Waals surface area contributed by atoms with Crippen LogP contribution in [0.3, 0.4) is 0 Å². The first-order valence-electron chi connectivity index (χ1n) is 9.56. The van der Waals surface area contributed by atoms with E-state index in [1.54, 1.807) is 4.72 Å². The lowest BCUT2D eigenvalue weighted by molar-refractivity contribution is -0.136. The minimum Gasteiger partial charge on any atom is -0.494 e. The van der Waals surface area contributed by atoms with E-state index < -0.39 is 45.9 Å². The molecule has 0 spiro atoms. The predicted molar refractivity (Wildman–Crippen MR) is 110 cm³/mol. The van der Waals surface area contributed by atoms with E-state index in [9.17, 15) is 35.6 Å². The molecule has 2 amide bonds. The highest BCUT2D eigenvalue weighted by atomic mass is 32.2. The molecule has 0 unspecified atom stereocenters. The largest absolute Gasteiger partial charge is 0.494 e. The monoisotopic (exact) mass is 489 g/mol. The van der Waals surface area contributed by atoms with Gasteiger partial charge in [0, 0.05) is 31.7 Å². The zero-order chi connectivity index (χ0) is 24.3. The number of ether oxygens (including phenoxy) is 1. The average molecular weight is 489 g/mol. The van der Waals surface area contributed by atoms with E-state index in [-0.39, 0.29) is 43.1 Å². The lowest BCUT2D eigenvalue weighted by Gasteiger charge is -2.35. The summed E-state index contributed by atoms with van der Waals surface area (Å²) >= 11 is 0. The zero-order valence-corrected chi connectivity index (χ0v) is 18.1. The Hall–Kier alpha value is -3.35. The fourth-order valence-corrected chi connectivity index (χ4v) is 3.80. The molecule has 33 heavy (non-hydrogen) atoms. The maximum Gasteiger partial charge on any atom is 0.418 e. The Morgan fingerprint density at radius 3 is 2.15 bits per heavy atom. The number of nitrogens with zero attached hydrogens (tertiary/aromatic N) is 2. The van der Waals surface area contributed by atoms with E-state index in [0.29, 0.717) is 6.07 Å². The molecule has 0 saturated carbocycles. The molecular weight excluding hydrogens is 470 g/mol. The highest BCUT2D eigenvalue weighted by Gasteiger charge is 2.35. The molecule has 178 valence electrons. The fraction of sp³-hybridized carbons (Fsp3) is 0.300. The summed E-state index contributed by atoms with van der Waals surface area (Å²) in [7, 11) is -2.06. The molecule has 3 rings (SSSR count). The Kier molecular flexibility index (Phi) is 7.10. The van der Waals surface area contributed by atoms with Crippen LogP contribution in [0.1, 0.15) is 26.3 Å². The first kappa shape index (κ1) is 24.3. The molecule has 13 heteroatoms. The Morgan fingerprint density at radius 2 is 1.61 bits per heavy atom. The second kappa shape index (κ2) is 9.65. The number of thiol groups is 1. The molecule has 1 saturated heterocycles. The first-order valence-corrected chi connectivity index (χ1v) is 10.7. The van der Waals surface area contributed by atoms with Crippen molar-refractivity contribution in [2.75, 3.05) is 38.0 Å². The number of amides is 2. The molecular formula is C20H19F4N3O5S. The third-order valence-electron chi connectivity index (χ3n) is 5.05. The molecule has 0 aromatic heterocycles. The molecule has 0 aliphatic carbocycles. The van der Waals surface area contributed by atoms with Gasteiger partial charge in [-0.2, -0.15) is 13.2 Å². The van der Waals surface area contributed by atoms with Crippen LogP contribution in [0, 0.1) is 5.82 Å². The SMILES string of the molecule is COc1cccc(C(=O)N2CCN(C(=O)c3ccc(N[SH](=O)=O)c(C(F)(F)F)c3)CC2)c1F. The standard InChI is InChI=1S/C20H19F4N3O5S/c1-32-16-4-2-3-13(17(16)21)19(29)27-9-7-26(8-10-27)18(28)12-5-6-15(25-33(30)31)14(11-12)20(22,23)24/h2-6,11,33H,7-10H2,1H3,(H,25,30,31). The van der Waals surface area contributed by atoms with Crippen molar-refractivity contribution >= 4 is 28.4 Å². The van der Waals surface area contributed by atoms with Gasteiger partial charge in [-0.1, -0.05) is 6.07 Å². The molecule has 0 atom stereocenters. The molecule has 2 aromatic rings. The van der Waals surface area contributed by atoms with Crippen molar-refractivity contribution in [3.8, 4) is 5.75 Å². The summed E-state index contributed by atoms with van der Waals surface area (Å²) in [5.41, 5.74) is -2.46. The van der Waals surface area contributed by atoms with Crippen molar-refractivity contribution in [1.82, 2.24) is 9.80 Å². The van der Waals surface area contributed by atoms with Gasteiger partial charge in [-0.15, -0.1) is 0 Å². The molecule has 1 fully saturated rings. The lowest BCUT2D eigenvalue weighted by Crippen LogP contribution is -2.50. The second-order valence-electron chi connectivity index (χ2n) is 7.03. The zero-order valence-electron chi connectivity index (χ0n) is 17.2. The van der Waals surface area contributed by atoms with Crippen molar-refractivity contribution in [1.29, 1.82) is 0 Å². The number of rotatable bonds is 5. The van der Waals surface area contributed by atoms with E-state index in [4.69, 9.17) is 4.74 Å². The molecule has 1 N–H and O–H groups in total. The minimum absolute atomic E-state index is 0.0178. The van der Waals surface area contributed by atoms with E-state index >= 15 is 0 Å². The van der Waals surface area contributed by atoms with Crippen LogP contribution in [0.5, 0.6) is 5.75 Å². The molecule has 1 aliphatic rings. The van der Waals surface area contributed by atoms with E-state index in [1.807, 2.05) is 0 Å². The van der Waals surface area contributed by atoms with Gasteiger partial charge in [-0.25, -0.2) is 12.8 Å². The summed E-state index contributed by atoms with van der Waals surface area (Å²) in [6.45, 7) is 0.126. The number of hydrogen-bond acceptors (Lipinski definition) is 5. The Bertz CT molecular complexity index is 1140. The number of hydrogen-bond donors (Lipinski definition) is 2. The topological polar surface area (TPSA) is 96.0 Å². The van der Waals surface area contributed by atoms with Gasteiger partial charge in [0.15, 0.2) is 11.6 Å². The summed E-state index contributed by atoms with van der Waals surface area (Å²) in [5, 5.41) is 0. The first-order chi connectivity index (χ1) is 15.5. The molecule has 2 aromatic carbocycles.